The molecule has 0 aliphatic heterocycles. The molecule has 1 atom stereocenters. The number of rotatable bonds is 8. The Morgan fingerprint density at radius 3 is 2.76 bits per heavy atom. The SMILES string of the molecule is CN(C)CCOc1ccccc1C(=O)NC(CN)C1CC1. The van der Waals surface area contributed by atoms with Crippen LogP contribution in [0.4, 0.5) is 0 Å². The fraction of sp³-hybridized carbons (Fsp3) is 0.562. The molecule has 1 aromatic rings. The van der Waals surface area contributed by atoms with Gasteiger partial charge in [-0.25, -0.2) is 0 Å². The molecule has 0 aromatic heterocycles. The molecule has 5 heteroatoms. The van der Waals surface area contributed by atoms with E-state index in [1.165, 1.54) is 0 Å². The number of hydrogen-bond donors (Lipinski definition) is 2. The van der Waals surface area contributed by atoms with Crippen LogP contribution in [0.25, 0.3) is 0 Å². The van der Waals surface area contributed by atoms with Gasteiger partial charge in [0.05, 0.1) is 5.56 Å². The molecule has 3 N–H and O–H groups in total. The van der Waals surface area contributed by atoms with E-state index >= 15 is 0 Å². The van der Waals surface area contributed by atoms with Crippen molar-refractivity contribution in [3.63, 3.8) is 0 Å². The molecule has 1 aromatic carbocycles. The van der Waals surface area contributed by atoms with E-state index in [2.05, 4.69) is 5.32 Å². The van der Waals surface area contributed by atoms with Gasteiger partial charge in [-0.1, -0.05) is 12.1 Å². The van der Waals surface area contributed by atoms with Gasteiger partial charge in [-0.05, 0) is 45.0 Å². The van der Waals surface area contributed by atoms with Crippen LogP contribution in [0.1, 0.15) is 23.2 Å². The maximum absolute atomic E-state index is 12.4. The van der Waals surface area contributed by atoms with Crippen molar-refractivity contribution in [1.82, 2.24) is 10.2 Å². The summed E-state index contributed by atoms with van der Waals surface area (Å²) in [5, 5.41) is 3.03. The number of carbonyl (C=O) groups excluding carboxylic acids is 1. The predicted octanol–water partition coefficient (Wildman–Crippen LogP) is 1.09. The average molecular weight is 291 g/mol. The molecule has 1 aliphatic rings. The van der Waals surface area contributed by atoms with Crippen LogP contribution in [0.15, 0.2) is 24.3 Å². The van der Waals surface area contributed by atoms with E-state index in [4.69, 9.17) is 10.5 Å². The summed E-state index contributed by atoms with van der Waals surface area (Å²) in [6.07, 6.45) is 2.31. The van der Waals surface area contributed by atoms with Crippen molar-refractivity contribution in [2.75, 3.05) is 33.8 Å². The molecule has 2 rings (SSSR count). The summed E-state index contributed by atoms with van der Waals surface area (Å²) in [4.78, 5) is 14.4. The summed E-state index contributed by atoms with van der Waals surface area (Å²) in [5.41, 5.74) is 6.32. The molecular weight excluding hydrogens is 266 g/mol. The van der Waals surface area contributed by atoms with Gasteiger partial charge in [0.1, 0.15) is 12.4 Å². The van der Waals surface area contributed by atoms with Gasteiger partial charge in [-0.2, -0.15) is 0 Å². The maximum atomic E-state index is 12.4. The standard InChI is InChI=1S/C16H25N3O2/c1-19(2)9-10-21-15-6-4-3-5-13(15)16(20)18-14(11-17)12-7-8-12/h3-6,12,14H,7-11,17H2,1-2H3,(H,18,20). The number of para-hydroxylation sites is 1. The molecule has 0 saturated heterocycles. The highest BCUT2D eigenvalue weighted by Gasteiger charge is 2.31. The predicted molar refractivity (Wildman–Crippen MR) is 83.5 cm³/mol. The second-order valence-electron chi connectivity index (χ2n) is 5.80. The number of carbonyl (C=O) groups is 1. The number of benzene rings is 1. The van der Waals surface area contributed by atoms with Crippen LogP contribution in [0.3, 0.4) is 0 Å². The Labute approximate surface area is 126 Å². The van der Waals surface area contributed by atoms with Crippen molar-refractivity contribution in [3.05, 3.63) is 29.8 Å². The molecule has 1 aliphatic carbocycles. The molecule has 0 heterocycles. The van der Waals surface area contributed by atoms with Crippen molar-refractivity contribution in [2.45, 2.75) is 18.9 Å². The van der Waals surface area contributed by atoms with Gasteiger partial charge in [-0.3, -0.25) is 4.79 Å². The van der Waals surface area contributed by atoms with Gasteiger partial charge in [0.2, 0.25) is 0 Å². The minimum Gasteiger partial charge on any atom is -0.491 e. The van der Waals surface area contributed by atoms with Gasteiger partial charge in [0.15, 0.2) is 0 Å². The van der Waals surface area contributed by atoms with Crippen molar-refractivity contribution < 1.29 is 9.53 Å². The third-order valence-electron chi connectivity index (χ3n) is 3.69. The monoisotopic (exact) mass is 291 g/mol. The smallest absolute Gasteiger partial charge is 0.255 e. The van der Waals surface area contributed by atoms with Crippen LogP contribution in [-0.4, -0.2) is 50.6 Å². The number of nitrogens with zero attached hydrogens (tertiary/aromatic N) is 1. The van der Waals surface area contributed by atoms with Gasteiger partial charge < -0.3 is 20.7 Å². The third kappa shape index (κ3) is 4.72. The highest BCUT2D eigenvalue weighted by Crippen LogP contribution is 2.32. The fourth-order valence-corrected chi connectivity index (χ4v) is 2.23. The number of hydrogen-bond acceptors (Lipinski definition) is 4. The van der Waals surface area contributed by atoms with Gasteiger partial charge in [-0.15, -0.1) is 0 Å². The Bertz CT molecular complexity index is 472. The van der Waals surface area contributed by atoms with Crippen molar-refractivity contribution in [3.8, 4) is 5.75 Å². The zero-order valence-corrected chi connectivity index (χ0v) is 12.8. The van der Waals surface area contributed by atoms with Crippen LogP contribution >= 0.6 is 0 Å². The van der Waals surface area contributed by atoms with Crippen LogP contribution in [0, 0.1) is 5.92 Å². The van der Waals surface area contributed by atoms with E-state index in [1.54, 1.807) is 6.07 Å². The zero-order chi connectivity index (χ0) is 15.2. The number of amides is 1. The lowest BCUT2D eigenvalue weighted by atomic mass is 10.1. The van der Waals surface area contributed by atoms with E-state index in [0.29, 0.717) is 30.4 Å². The molecule has 116 valence electrons. The third-order valence-corrected chi connectivity index (χ3v) is 3.69. The minimum absolute atomic E-state index is 0.0762. The molecule has 1 saturated carbocycles. The summed E-state index contributed by atoms with van der Waals surface area (Å²) in [7, 11) is 3.98. The molecule has 0 bridgehead atoms. The van der Waals surface area contributed by atoms with Gasteiger partial charge >= 0.3 is 0 Å². The Hall–Kier alpha value is -1.59. The van der Waals surface area contributed by atoms with E-state index in [9.17, 15) is 4.79 Å². The van der Waals surface area contributed by atoms with E-state index in [0.717, 1.165) is 19.4 Å². The molecule has 5 nitrogen and oxygen atoms in total. The summed E-state index contributed by atoms with van der Waals surface area (Å²) in [6, 6.07) is 7.43. The Balaban J connectivity index is 1.98. The van der Waals surface area contributed by atoms with Crippen molar-refractivity contribution in [1.29, 1.82) is 0 Å². The maximum Gasteiger partial charge on any atom is 0.255 e. The topological polar surface area (TPSA) is 67.6 Å². The molecule has 1 amide bonds. The highest BCUT2D eigenvalue weighted by atomic mass is 16.5. The van der Waals surface area contributed by atoms with E-state index < -0.39 is 0 Å². The summed E-state index contributed by atoms with van der Waals surface area (Å²) >= 11 is 0. The molecule has 1 unspecified atom stereocenters. The molecule has 21 heavy (non-hydrogen) atoms. The van der Waals surface area contributed by atoms with Crippen molar-refractivity contribution >= 4 is 5.91 Å². The van der Waals surface area contributed by atoms with Crippen LogP contribution < -0.4 is 15.8 Å². The lowest BCUT2D eigenvalue weighted by Gasteiger charge is -2.18. The quantitative estimate of drug-likeness (QED) is 0.752. The van der Waals surface area contributed by atoms with Crippen LogP contribution in [0.5, 0.6) is 5.75 Å². The zero-order valence-electron chi connectivity index (χ0n) is 12.8. The normalized spacial score (nSPS) is 15.8. The fourth-order valence-electron chi connectivity index (χ4n) is 2.23. The van der Waals surface area contributed by atoms with Gasteiger partial charge in [0.25, 0.3) is 5.91 Å². The summed E-state index contributed by atoms with van der Waals surface area (Å²) in [6.45, 7) is 1.85. The van der Waals surface area contributed by atoms with Gasteiger partial charge in [0, 0.05) is 19.1 Å². The number of ether oxygens (including phenoxy) is 1. The second kappa shape index (κ2) is 7.43. The first kappa shape index (κ1) is 15.8. The molecular formula is C16H25N3O2. The number of likely N-dealkylation sites (N-methyl/N-ethyl adjacent to an activating group) is 1. The minimum atomic E-state index is -0.0993. The molecule has 0 radical (unpaired) electrons. The first-order chi connectivity index (χ1) is 10.1. The summed E-state index contributed by atoms with van der Waals surface area (Å²) in [5.74, 6) is 1.07. The van der Waals surface area contributed by atoms with E-state index in [1.807, 2.05) is 37.2 Å². The van der Waals surface area contributed by atoms with Crippen LogP contribution in [0.2, 0.25) is 0 Å². The Morgan fingerprint density at radius 2 is 2.14 bits per heavy atom. The number of nitrogens with two attached hydrogens (primary N) is 1. The first-order valence-corrected chi connectivity index (χ1v) is 7.49. The lowest BCUT2D eigenvalue weighted by Crippen LogP contribution is -2.41. The summed E-state index contributed by atoms with van der Waals surface area (Å²) < 4.78 is 5.73. The second-order valence-corrected chi connectivity index (χ2v) is 5.80. The molecule has 1 fully saturated rings. The molecule has 0 spiro atoms. The first-order valence-electron chi connectivity index (χ1n) is 7.49. The average Bonchev–Trinajstić information content (AvgIpc) is 3.29. The largest absolute Gasteiger partial charge is 0.491 e. The highest BCUT2D eigenvalue weighted by molar-refractivity contribution is 5.97. The lowest BCUT2D eigenvalue weighted by molar-refractivity contribution is 0.0929. The van der Waals surface area contributed by atoms with Crippen molar-refractivity contribution in [2.24, 2.45) is 11.7 Å². The Morgan fingerprint density at radius 1 is 1.43 bits per heavy atom. The number of nitrogens with one attached hydrogen (secondary N) is 1. The van der Waals surface area contributed by atoms with Crippen LogP contribution in [-0.2, 0) is 0 Å². The van der Waals surface area contributed by atoms with E-state index in [-0.39, 0.29) is 11.9 Å². The Kier molecular flexibility index (Phi) is 5.59.